The zero-order chi connectivity index (χ0) is 10.9. The molecule has 0 amide bonds. The van der Waals surface area contributed by atoms with Crippen LogP contribution in [0, 0.1) is 10.1 Å². The van der Waals surface area contributed by atoms with E-state index in [-0.39, 0.29) is 50.2 Å². The van der Waals surface area contributed by atoms with Gasteiger partial charge in [-0.3, -0.25) is 14.3 Å². The van der Waals surface area contributed by atoms with Gasteiger partial charge >= 0.3 is 29.6 Å². The summed E-state index contributed by atoms with van der Waals surface area (Å²) >= 11 is 8.37. The molecule has 0 aromatic heterocycles. The molecule has 0 spiro atoms. The first-order valence-electron chi connectivity index (χ1n) is 3.16. The van der Waals surface area contributed by atoms with Gasteiger partial charge in [0, 0.05) is 12.1 Å². The average Bonchev–Trinajstić information content (AvgIpc) is 2.01. The smallest absolute Gasteiger partial charge is 0.768 e. The fourth-order valence-corrected chi connectivity index (χ4v) is 2.10. The molecule has 0 radical (unpaired) electrons. The van der Waals surface area contributed by atoms with Crippen LogP contribution in [0.4, 0.5) is 5.69 Å². The van der Waals surface area contributed by atoms with E-state index in [1.807, 2.05) is 0 Å². The molecule has 0 aliphatic rings. The van der Waals surface area contributed by atoms with Crippen LogP contribution >= 0.6 is 23.2 Å². The quantitative estimate of drug-likeness (QED) is 0.305. The molecule has 9 heteroatoms. The SMILES string of the molecule is O=[N+]([O-])c1cc(Cl)c(S(=O)[O-])c(Cl)c1.[Na+]. The molecule has 76 valence electrons. The van der Waals surface area contributed by atoms with Crippen molar-refractivity contribution in [2.45, 2.75) is 4.90 Å². The minimum atomic E-state index is -2.61. The maximum absolute atomic E-state index is 10.6. The van der Waals surface area contributed by atoms with Gasteiger partial charge < -0.3 is 4.55 Å². The van der Waals surface area contributed by atoms with E-state index in [2.05, 4.69) is 0 Å². The van der Waals surface area contributed by atoms with E-state index in [4.69, 9.17) is 23.2 Å². The molecule has 0 aliphatic heterocycles. The largest absolute Gasteiger partial charge is 1.00 e. The number of halogens is 2. The maximum Gasteiger partial charge on any atom is 1.00 e. The van der Waals surface area contributed by atoms with Crippen molar-refractivity contribution in [3.05, 3.63) is 32.3 Å². The average molecular weight is 278 g/mol. The van der Waals surface area contributed by atoms with E-state index >= 15 is 0 Å². The number of nitrogens with zero attached hydrogens (tertiary/aromatic N) is 1. The van der Waals surface area contributed by atoms with Crippen LogP contribution in [0.3, 0.4) is 0 Å². The second-order valence-corrected chi connectivity index (χ2v) is 3.92. The molecule has 1 aromatic rings. The molecule has 0 aliphatic carbocycles. The number of benzene rings is 1. The molecule has 0 saturated carbocycles. The molecular weight excluding hydrogens is 276 g/mol. The molecular formula is C6H2Cl2NNaO4S. The third-order valence-corrected chi connectivity index (χ3v) is 2.95. The molecule has 1 aromatic carbocycles. The van der Waals surface area contributed by atoms with Gasteiger partial charge in [-0.1, -0.05) is 23.2 Å². The van der Waals surface area contributed by atoms with Crippen LogP contribution in [0.25, 0.3) is 0 Å². The normalized spacial score (nSPS) is 11.7. The van der Waals surface area contributed by atoms with Crippen molar-refractivity contribution in [1.82, 2.24) is 0 Å². The number of nitro groups is 1. The molecule has 0 fully saturated rings. The summed E-state index contributed by atoms with van der Waals surface area (Å²) in [4.78, 5) is 9.27. The summed E-state index contributed by atoms with van der Waals surface area (Å²) in [6, 6.07) is 1.86. The van der Waals surface area contributed by atoms with Crippen molar-refractivity contribution in [1.29, 1.82) is 0 Å². The summed E-state index contributed by atoms with van der Waals surface area (Å²) in [6.07, 6.45) is 0. The van der Waals surface area contributed by atoms with E-state index in [9.17, 15) is 18.9 Å². The van der Waals surface area contributed by atoms with Crippen molar-refractivity contribution < 1.29 is 43.2 Å². The first-order chi connectivity index (χ1) is 6.43. The molecule has 1 atom stereocenters. The first-order valence-corrected chi connectivity index (χ1v) is 4.99. The van der Waals surface area contributed by atoms with Crippen LogP contribution < -0.4 is 29.6 Å². The van der Waals surface area contributed by atoms with E-state index in [0.29, 0.717) is 0 Å². The van der Waals surface area contributed by atoms with Crippen molar-refractivity contribution in [2.24, 2.45) is 0 Å². The van der Waals surface area contributed by atoms with Gasteiger partial charge in [0.1, 0.15) is 0 Å². The Hall–Kier alpha value is 0.310. The van der Waals surface area contributed by atoms with Crippen LogP contribution in [0.1, 0.15) is 0 Å². The standard InChI is InChI=1S/C6H3Cl2NO4S.Na/c7-4-1-3(9(10)11)2-5(8)6(4)14(12)13;/h1-2H,(H,12,13);/q;+1/p-1. The summed E-state index contributed by atoms with van der Waals surface area (Å²) in [5, 5.41) is 9.79. The minimum Gasteiger partial charge on any atom is -0.768 e. The van der Waals surface area contributed by atoms with Gasteiger partial charge in [0.25, 0.3) is 5.69 Å². The van der Waals surface area contributed by atoms with Crippen LogP contribution in [-0.2, 0) is 11.1 Å². The van der Waals surface area contributed by atoms with Gasteiger partial charge in [-0.15, -0.1) is 0 Å². The Labute approximate surface area is 119 Å². The Balaban J connectivity index is 0.00000196. The molecule has 0 N–H and O–H groups in total. The Bertz CT molecular complexity index is 405. The number of hydrogen-bond acceptors (Lipinski definition) is 4. The molecule has 5 nitrogen and oxygen atoms in total. The fraction of sp³-hybridized carbons (Fsp3) is 0. The Morgan fingerprint density at radius 1 is 1.27 bits per heavy atom. The molecule has 15 heavy (non-hydrogen) atoms. The molecule has 0 bridgehead atoms. The zero-order valence-electron chi connectivity index (χ0n) is 7.40. The Kier molecular flexibility index (Phi) is 6.27. The molecule has 1 rings (SSSR count). The van der Waals surface area contributed by atoms with E-state index in [0.717, 1.165) is 12.1 Å². The van der Waals surface area contributed by atoms with Crippen molar-refractivity contribution >= 4 is 40.0 Å². The minimum absolute atomic E-state index is 0. The van der Waals surface area contributed by atoms with Crippen LogP contribution in [-0.4, -0.2) is 13.7 Å². The second-order valence-electron chi connectivity index (χ2n) is 2.23. The fourth-order valence-electron chi connectivity index (χ4n) is 0.811. The van der Waals surface area contributed by atoms with Gasteiger partial charge in [0.15, 0.2) is 0 Å². The van der Waals surface area contributed by atoms with Gasteiger partial charge in [-0.05, 0) is 11.1 Å². The Morgan fingerprint density at radius 3 is 1.93 bits per heavy atom. The number of nitro benzene ring substituents is 1. The van der Waals surface area contributed by atoms with E-state index in [1.165, 1.54) is 0 Å². The summed E-state index contributed by atoms with van der Waals surface area (Å²) in [5.41, 5.74) is -0.353. The Morgan fingerprint density at radius 2 is 1.67 bits per heavy atom. The van der Waals surface area contributed by atoms with Gasteiger partial charge in [-0.2, -0.15) is 0 Å². The molecule has 0 saturated heterocycles. The van der Waals surface area contributed by atoms with E-state index < -0.39 is 16.0 Å². The maximum atomic E-state index is 10.6. The predicted molar refractivity (Wildman–Crippen MR) is 50.3 cm³/mol. The van der Waals surface area contributed by atoms with Crippen molar-refractivity contribution in [3.8, 4) is 0 Å². The first kappa shape index (κ1) is 15.3. The van der Waals surface area contributed by atoms with Crippen LogP contribution in [0.5, 0.6) is 0 Å². The second kappa shape index (κ2) is 6.15. The van der Waals surface area contributed by atoms with Crippen molar-refractivity contribution in [3.63, 3.8) is 0 Å². The number of rotatable bonds is 2. The van der Waals surface area contributed by atoms with E-state index in [1.54, 1.807) is 0 Å². The monoisotopic (exact) mass is 277 g/mol. The van der Waals surface area contributed by atoms with Crippen LogP contribution in [0.2, 0.25) is 10.0 Å². The van der Waals surface area contributed by atoms with Gasteiger partial charge in [0.05, 0.1) is 19.9 Å². The summed E-state index contributed by atoms with van der Waals surface area (Å²) < 4.78 is 21.2. The number of non-ortho nitro benzene ring substituents is 1. The number of hydrogen-bond donors (Lipinski definition) is 0. The third-order valence-electron chi connectivity index (χ3n) is 1.36. The van der Waals surface area contributed by atoms with Crippen LogP contribution in [0.15, 0.2) is 17.0 Å². The molecule has 1 unspecified atom stereocenters. The molecule has 0 heterocycles. The van der Waals surface area contributed by atoms with Gasteiger partial charge in [-0.25, -0.2) is 0 Å². The summed E-state index contributed by atoms with van der Waals surface area (Å²) in [7, 11) is 0. The zero-order valence-corrected chi connectivity index (χ0v) is 11.7. The summed E-state index contributed by atoms with van der Waals surface area (Å²) in [6.45, 7) is 0. The third kappa shape index (κ3) is 3.67. The topological polar surface area (TPSA) is 83.3 Å². The van der Waals surface area contributed by atoms with Crippen molar-refractivity contribution in [2.75, 3.05) is 0 Å². The predicted octanol–water partition coefficient (Wildman–Crippen LogP) is -0.856. The summed E-state index contributed by atoms with van der Waals surface area (Å²) in [5.74, 6) is 0. The van der Waals surface area contributed by atoms with Gasteiger partial charge in [0.2, 0.25) is 0 Å².